The number of hydrogen-bond acceptors (Lipinski definition) is 4. The van der Waals surface area contributed by atoms with E-state index >= 15 is 0 Å². The molecule has 1 heterocycles. The molecule has 1 N–H and O–H groups in total. The minimum absolute atomic E-state index is 0.221. The van der Waals surface area contributed by atoms with Crippen LogP contribution in [0.2, 0.25) is 0 Å². The van der Waals surface area contributed by atoms with Crippen LogP contribution in [0.3, 0.4) is 0 Å². The number of carbonyl (C=O) groups excluding carboxylic acids is 1. The van der Waals surface area contributed by atoms with E-state index in [1.807, 2.05) is 25.1 Å². The lowest BCUT2D eigenvalue weighted by molar-refractivity contribution is 0.0927. The third-order valence-corrected chi connectivity index (χ3v) is 2.56. The molecule has 1 amide bonds. The normalized spacial score (nSPS) is 10.6. The Morgan fingerprint density at radius 3 is 2.95 bits per heavy atom. The van der Waals surface area contributed by atoms with Crippen LogP contribution in [0, 0.1) is 6.92 Å². The van der Waals surface area contributed by atoms with Gasteiger partial charge in [0.15, 0.2) is 5.76 Å². The molecule has 2 rings (SSSR count). The highest BCUT2D eigenvalue weighted by Crippen LogP contribution is 2.17. The van der Waals surface area contributed by atoms with Crippen molar-refractivity contribution in [1.82, 2.24) is 5.43 Å². The first-order valence-electron chi connectivity index (χ1n) is 5.72. The Bertz CT molecular complexity index is 589. The van der Waals surface area contributed by atoms with E-state index in [-0.39, 0.29) is 11.7 Å². The number of benzene rings is 1. The average molecular weight is 258 g/mol. The third-order valence-electron chi connectivity index (χ3n) is 2.56. The monoisotopic (exact) mass is 258 g/mol. The molecule has 19 heavy (non-hydrogen) atoms. The second-order valence-electron chi connectivity index (χ2n) is 3.91. The van der Waals surface area contributed by atoms with E-state index < -0.39 is 0 Å². The molecule has 0 aliphatic heterocycles. The molecule has 0 aliphatic carbocycles. The van der Waals surface area contributed by atoms with Gasteiger partial charge in [0.1, 0.15) is 5.75 Å². The van der Waals surface area contributed by atoms with Gasteiger partial charge >= 0.3 is 5.91 Å². The standard InChI is InChI=1S/C14H14N2O3/c1-10-5-6-11(8-13(10)18-2)9-15-16-14(17)12-4-3-7-19-12/h3-9H,1-2H3,(H,16,17)/b15-9-. The van der Waals surface area contributed by atoms with Gasteiger partial charge in [0.2, 0.25) is 0 Å². The molecule has 1 aromatic heterocycles. The summed E-state index contributed by atoms with van der Waals surface area (Å²) >= 11 is 0. The Morgan fingerprint density at radius 1 is 1.42 bits per heavy atom. The van der Waals surface area contributed by atoms with Crippen LogP contribution in [-0.4, -0.2) is 19.2 Å². The van der Waals surface area contributed by atoms with Crippen LogP contribution in [0.25, 0.3) is 0 Å². The second-order valence-corrected chi connectivity index (χ2v) is 3.91. The zero-order valence-corrected chi connectivity index (χ0v) is 10.7. The molecule has 2 aromatic rings. The summed E-state index contributed by atoms with van der Waals surface area (Å²) in [6.07, 6.45) is 2.98. The Balaban J connectivity index is 2.01. The minimum Gasteiger partial charge on any atom is -0.496 e. The lowest BCUT2D eigenvalue weighted by Gasteiger charge is -2.04. The minimum atomic E-state index is -0.389. The highest BCUT2D eigenvalue weighted by Gasteiger charge is 2.05. The summed E-state index contributed by atoms with van der Waals surface area (Å²) in [4.78, 5) is 11.5. The van der Waals surface area contributed by atoms with Gasteiger partial charge in [-0.3, -0.25) is 4.79 Å². The molecule has 5 heteroatoms. The Labute approximate surface area is 110 Å². The van der Waals surface area contributed by atoms with Crippen LogP contribution >= 0.6 is 0 Å². The third kappa shape index (κ3) is 3.22. The second kappa shape index (κ2) is 5.86. The van der Waals surface area contributed by atoms with E-state index in [0.29, 0.717) is 0 Å². The van der Waals surface area contributed by atoms with Gasteiger partial charge in [0.25, 0.3) is 0 Å². The van der Waals surface area contributed by atoms with Crippen LogP contribution < -0.4 is 10.2 Å². The lowest BCUT2D eigenvalue weighted by Crippen LogP contribution is -2.16. The molecule has 5 nitrogen and oxygen atoms in total. The maximum absolute atomic E-state index is 11.5. The molecule has 0 fully saturated rings. The zero-order chi connectivity index (χ0) is 13.7. The highest BCUT2D eigenvalue weighted by molar-refractivity contribution is 5.92. The molecule has 98 valence electrons. The van der Waals surface area contributed by atoms with Crippen molar-refractivity contribution in [3.63, 3.8) is 0 Å². The molecular weight excluding hydrogens is 244 g/mol. The Kier molecular flexibility index (Phi) is 3.97. The van der Waals surface area contributed by atoms with Crippen molar-refractivity contribution < 1.29 is 13.9 Å². The summed E-state index contributed by atoms with van der Waals surface area (Å²) in [5.74, 6) is 0.611. The number of aryl methyl sites for hydroxylation is 1. The number of hydrogen-bond donors (Lipinski definition) is 1. The van der Waals surface area contributed by atoms with Crippen molar-refractivity contribution in [2.45, 2.75) is 6.92 Å². The highest BCUT2D eigenvalue weighted by atomic mass is 16.5. The number of nitrogens with zero attached hydrogens (tertiary/aromatic N) is 1. The van der Waals surface area contributed by atoms with Crippen molar-refractivity contribution in [3.05, 3.63) is 53.5 Å². The fraction of sp³-hybridized carbons (Fsp3) is 0.143. The van der Waals surface area contributed by atoms with Gasteiger partial charge in [0.05, 0.1) is 19.6 Å². The summed E-state index contributed by atoms with van der Waals surface area (Å²) in [5.41, 5.74) is 4.26. The first-order chi connectivity index (χ1) is 9.20. The van der Waals surface area contributed by atoms with Crippen molar-refractivity contribution in [3.8, 4) is 5.75 Å². The SMILES string of the molecule is COc1cc(/C=N\NC(=O)c2ccco2)ccc1C. The first-order valence-corrected chi connectivity index (χ1v) is 5.72. The van der Waals surface area contributed by atoms with E-state index in [2.05, 4.69) is 10.5 Å². The van der Waals surface area contributed by atoms with Gasteiger partial charge in [-0.05, 0) is 36.2 Å². The molecule has 1 aromatic carbocycles. The number of nitrogens with one attached hydrogen (secondary N) is 1. The summed E-state index contributed by atoms with van der Waals surface area (Å²) in [7, 11) is 1.61. The lowest BCUT2D eigenvalue weighted by atomic mass is 10.1. The summed E-state index contributed by atoms with van der Waals surface area (Å²) in [6, 6.07) is 8.87. The molecule has 0 spiro atoms. The zero-order valence-electron chi connectivity index (χ0n) is 10.7. The smallest absolute Gasteiger partial charge is 0.307 e. The molecule has 0 radical (unpaired) electrons. The number of hydrazone groups is 1. The Hall–Kier alpha value is -2.56. The summed E-state index contributed by atoms with van der Waals surface area (Å²) < 4.78 is 10.2. The van der Waals surface area contributed by atoms with Crippen molar-refractivity contribution >= 4 is 12.1 Å². The number of methoxy groups -OCH3 is 1. The number of furan rings is 1. The molecule has 0 saturated carbocycles. The fourth-order valence-electron chi connectivity index (χ4n) is 1.55. The fourth-order valence-corrected chi connectivity index (χ4v) is 1.55. The molecule has 0 bridgehead atoms. The average Bonchev–Trinajstić information content (AvgIpc) is 2.94. The molecule has 0 unspecified atom stereocenters. The summed E-state index contributed by atoms with van der Waals surface area (Å²) in [6.45, 7) is 1.96. The number of rotatable bonds is 4. The van der Waals surface area contributed by atoms with Gasteiger partial charge in [-0.15, -0.1) is 0 Å². The van der Waals surface area contributed by atoms with Crippen LogP contribution in [0.1, 0.15) is 21.7 Å². The van der Waals surface area contributed by atoms with Crippen molar-refractivity contribution in [2.75, 3.05) is 7.11 Å². The number of carbonyl (C=O) groups is 1. The Morgan fingerprint density at radius 2 is 2.26 bits per heavy atom. The molecular formula is C14H14N2O3. The van der Waals surface area contributed by atoms with Gasteiger partial charge in [-0.2, -0.15) is 5.10 Å². The van der Waals surface area contributed by atoms with Crippen LogP contribution in [0.15, 0.2) is 46.1 Å². The van der Waals surface area contributed by atoms with E-state index in [4.69, 9.17) is 9.15 Å². The topological polar surface area (TPSA) is 63.8 Å². The van der Waals surface area contributed by atoms with Gasteiger partial charge in [0, 0.05) is 0 Å². The van der Waals surface area contributed by atoms with E-state index in [1.165, 1.54) is 6.26 Å². The largest absolute Gasteiger partial charge is 0.496 e. The van der Waals surface area contributed by atoms with Gasteiger partial charge in [-0.25, -0.2) is 5.43 Å². The van der Waals surface area contributed by atoms with Gasteiger partial charge < -0.3 is 9.15 Å². The predicted octanol–water partition coefficient (Wildman–Crippen LogP) is 2.36. The predicted molar refractivity (Wildman–Crippen MR) is 71.5 cm³/mol. The van der Waals surface area contributed by atoms with E-state index in [1.54, 1.807) is 25.5 Å². The quantitative estimate of drug-likeness (QED) is 0.676. The van der Waals surface area contributed by atoms with E-state index in [0.717, 1.165) is 16.9 Å². The molecule has 0 atom stereocenters. The van der Waals surface area contributed by atoms with Gasteiger partial charge in [-0.1, -0.05) is 12.1 Å². The number of ether oxygens (including phenoxy) is 1. The van der Waals surface area contributed by atoms with Crippen LogP contribution in [-0.2, 0) is 0 Å². The maximum atomic E-state index is 11.5. The van der Waals surface area contributed by atoms with Crippen LogP contribution in [0.5, 0.6) is 5.75 Å². The van der Waals surface area contributed by atoms with E-state index in [9.17, 15) is 4.79 Å². The molecule has 0 saturated heterocycles. The van der Waals surface area contributed by atoms with Crippen molar-refractivity contribution in [1.29, 1.82) is 0 Å². The number of amides is 1. The summed E-state index contributed by atoms with van der Waals surface area (Å²) in [5, 5.41) is 3.86. The van der Waals surface area contributed by atoms with Crippen LogP contribution in [0.4, 0.5) is 0 Å². The molecule has 0 aliphatic rings. The maximum Gasteiger partial charge on any atom is 0.307 e. The van der Waals surface area contributed by atoms with Crippen molar-refractivity contribution in [2.24, 2.45) is 5.10 Å². The first kappa shape index (κ1) is 12.9.